The second kappa shape index (κ2) is 8.06. The van der Waals surface area contributed by atoms with Crippen LogP contribution >= 0.6 is 0 Å². The highest BCUT2D eigenvalue weighted by Gasteiger charge is 2.19. The van der Waals surface area contributed by atoms with Gasteiger partial charge in [0.05, 0.1) is 0 Å². The van der Waals surface area contributed by atoms with Gasteiger partial charge < -0.3 is 10.2 Å². The van der Waals surface area contributed by atoms with E-state index in [1.807, 2.05) is 0 Å². The van der Waals surface area contributed by atoms with Gasteiger partial charge in [0.2, 0.25) is 0 Å². The van der Waals surface area contributed by atoms with Crippen LogP contribution in [0.4, 0.5) is 0 Å². The molecule has 0 aromatic heterocycles. The molecule has 3 heteroatoms. The van der Waals surface area contributed by atoms with Gasteiger partial charge in [-0.05, 0) is 46.3 Å². The maximum absolute atomic E-state index is 3.60. The van der Waals surface area contributed by atoms with E-state index in [0.717, 1.165) is 6.04 Å². The molecule has 1 rings (SSSR count). The molecule has 102 valence electrons. The van der Waals surface area contributed by atoms with Gasteiger partial charge in [-0.2, -0.15) is 0 Å². The summed E-state index contributed by atoms with van der Waals surface area (Å²) < 4.78 is 0. The van der Waals surface area contributed by atoms with Crippen molar-refractivity contribution >= 4 is 0 Å². The minimum atomic E-state index is 0.660. The number of hydrogen-bond acceptors (Lipinski definition) is 3. The summed E-state index contributed by atoms with van der Waals surface area (Å²) in [6, 6.07) is 1.39. The van der Waals surface area contributed by atoms with Crippen LogP contribution in [0, 0.1) is 0 Å². The zero-order valence-corrected chi connectivity index (χ0v) is 12.2. The van der Waals surface area contributed by atoms with Gasteiger partial charge in [0.15, 0.2) is 0 Å². The molecule has 1 saturated heterocycles. The highest BCUT2D eigenvalue weighted by Crippen LogP contribution is 2.09. The van der Waals surface area contributed by atoms with Crippen molar-refractivity contribution in [1.82, 2.24) is 15.1 Å². The predicted octanol–water partition coefficient (Wildman–Crippen LogP) is 1.79. The first-order chi connectivity index (χ1) is 8.17. The maximum atomic E-state index is 3.60. The SMILES string of the molecule is CCN(CC)CCN(CC1CCCN1)C(C)C. The summed E-state index contributed by atoms with van der Waals surface area (Å²) in [5, 5.41) is 3.60. The van der Waals surface area contributed by atoms with Crippen molar-refractivity contribution in [3.63, 3.8) is 0 Å². The van der Waals surface area contributed by atoms with Crippen molar-refractivity contribution < 1.29 is 0 Å². The lowest BCUT2D eigenvalue weighted by Crippen LogP contribution is -2.44. The Labute approximate surface area is 108 Å². The summed E-state index contributed by atoms with van der Waals surface area (Å²) >= 11 is 0. The first-order valence-electron chi connectivity index (χ1n) is 7.37. The summed E-state index contributed by atoms with van der Waals surface area (Å²) in [5.74, 6) is 0. The maximum Gasteiger partial charge on any atom is 0.0195 e. The fourth-order valence-electron chi connectivity index (χ4n) is 2.57. The molecule has 0 aliphatic carbocycles. The summed E-state index contributed by atoms with van der Waals surface area (Å²) in [5.41, 5.74) is 0. The molecule has 1 heterocycles. The Morgan fingerprint density at radius 3 is 2.35 bits per heavy atom. The van der Waals surface area contributed by atoms with Crippen LogP contribution in [0.1, 0.15) is 40.5 Å². The number of nitrogens with zero attached hydrogens (tertiary/aromatic N) is 2. The van der Waals surface area contributed by atoms with E-state index in [1.54, 1.807) is 0 Å². The van der Waals surface area contributed by atoms with E-state index in [2.05, 4.69) is 42.8 Å². The second-order valence-corrected chi connectivity index (χ2v) is 5.41. The van der Waals surface area contributed by atoms with Gasteiger partial charge in [0.1, 0.15) is 0 Å². The Morgan fingerprint density at radius 2 is 1.88 bits per heavy atom. The van der Waals surface area contributed by atoms with Crippen molar-refractivity contribution in [1.29, 1.82) is 0 Å². The predicted molar refractivity (Wildman–Crippen MR) is 75.5 cm³/mol. The Kier molecular flexibility index (Phi) is 7.09. The van der Waals surface area contributed by atoms with Crippen LogP contribution < -0.4 is 5.32 Å². The molecule has 0 bridgehead atoms. The second-order valence-electron chi connectivity index (χ2n) is 5.41. The third-order valence-electron chi connectivity index (χ3n) is 3.95. The average Bonchev–Trinajstić information content (AvgIpc) is 2.81. The largest absolute Gasteiger partial charge is 0.313 e. The molecule has 17 heavy (non-hydrogen) atoms. The lowest BCUT2D eigenvalue weighted by molar-refractivity contribution is 0.169. The van der Waals surface area contributed by atoms with Crippen LogP contribution in [0.3, 0.4) is 0 Å². The van der Waals surface area contributed by atoms with Crippen LogP contribution in [-0.2, 0) is 0 Å². The van der Waals surface area contributed by atoms with E-state index in [4.69, 9.17) is 0 Å². The molecule has 0 spiro atoms. The van der Waals surface area contributed by atoms with E-state index >= 15 is 0 Å². The third kappa shape index (κ3) is 5.36. The molecular formula is C14H31N3. The van der Waals surface area contributed by atoms with Gasteiger partial charge in [-0.3, -0.25) is 4.90 Å². The molecule has 0 aromatic carbocycles. The molecule has 3 nitrogen and oxygen atoms in total. The highest BCUT2D eigenvalue weighted by atomic mass is 15.2. The van der Waals surface area contributed by atoms with Crippen LogP contribution in [-0.4, -0.2) is 61.2 Å². The Bertz CT molecular complexity index is 184. The van der Waals surface area contributed by atoms with Crippen LogP contribution in [0.25, 0.3) is 0 Å². The van der Waals surface area contributed by atoms with Gasteiger partial charge in [-0.15, -0.1) is 0 Å². The first kappa shape index (κ1) is 14.9. The number of rotatable bonds is 8. The quantitative estimate of drug-likeness (QED) is 0.699. The third-order valence-corrected chi connectivity index (χ3v) is 3.95. The standard InChI is InChI=1S/C14H31N3/c1-5-16(6-2)10-11-17(13(3)4)12-14-8-7-9-15-14/h13-15H,5-12H2,1-4H3. The summed E-state index contributed by atoms with van der Waals surface area (Å²) in [7, 11) is 0. The lowest BCUT2D eigenvalue weighted by Gasteiger charge is -2.31. The zero-order chi connectivity index (χ0) is 12.7. The van der Waals surface area contributed by atoms with Gasteiger partial charge in [0, 0.05) is 31.7 Å². The molecule has 1 fully saturated rings. The average molecular weight is 241 g/mol. The minimum Gasteiger partial charge on any atom is -0.313 e. The lowest BCUT2D eigenvalue weighted by atomic mass is 10.2. The monoisotopic (exact) mass is 241 g/mol. The molecule has 0 radical (unpaired) electrons. The molecular weight excluding hydrogens is 210 g/mol. The van der Waals surface area contributed by atoms with Crippen LogP contribution in [0.5, 0.6) is 0 Å². The van der Waals surface area contributed by atoms with Crippen LogP contribution in [0.2, 0.25) is 0 Å². The number of likely N-dealkylation sites (N-methyl/N-ethyl adjacent to an activating group) is 1. The molecule has 0 amide bonds. The molecule has 1 aliphatic rings. The van der Waals surface area contributed by atoms with Gasteiger partial charge in [0.25, 0.3) is 0 Å². The highest BCUT2D eigenvalue weighted by molar-refractivity contribution is 4.79. The Hall–Kier alpha value is -0.120. The summed E-state index contributed by atoms with van der Waals surface area (Å²) in [4.78, 5) is 5.14. The summed E-state index contributed by atoms with van der Waals surface area (Å²) in [6.07, 6.45) is 2.71. The van der Waals surface area contributed by atoms with Crippen molar-refractivity contribution in [2.45, 2.75) is 52.6 Å². The molecule has 1 unspecified atom stereocenters. The van der Waals surface area contributed by atoms with Crippen molar-refractivity contribution in [2.75, 3.05) is 39.3 Å². The van der Waals surface area contributed by atoms with E-state index in [9.17, 15) is 0 Å². The van der Waals surface area contributed by atoms with Crippen molar-refractivity contribution in [3.8, 4) is 0 Å². The number of hydrogen-bond donors (Lipinski definition) is 1. The van der Waals surface area contributed by atoms with Gasteiger partial charge in [-0.1, -0.05) is 13.8 Å². The van der Waals surface area contributed by atoms with Crippen LogP contribution in [0.15, 0.2) is 0 Å². The smallest absolute Gasteiger partial charge is 0.0195 e. The normalized spacial score (nSPS) is 21.0. The van der Waals surface area contributed by atoms with Gasteiger partial charge in [-0.25, -0.2) is 0 Å². The summed E-state index contributed by atoms with van der Waals surface area (Å²) in [6.45, 7) is 16.3. The van der Waals surface area contributed by atoms with E-state index in [0.29, 0.717) is 6.04 Å². The molecule has 0 aromatic rings. The van der Waals surface area contributed by atoms with Crippen molar-refractivity contribution in [2.24, 2.45) is 0 Å². The van der Waals surface area contributed by atoms with Gasteiger partial charge >= 0.3 is 0 Å². The number of nitrogens with one attached hydrogen (secondary N) is 1. The van der Waals surface area contributed by atoms with Crippen molar-refractivity contribution in [3.05, 3.63) is 0 Å². The topological polar surface area (TPSA) is 18.5 Å². The molecule has 1 atom stereocenters. The molecule has 0 saturated carbocycles. The molecule has 1 aliphatic heterocycles. The Morgan fingerprint density at radius 1 is 1.18 bits per heavy atom. The Balaban J connectivity index is 2.31. The zero-order valence-electron chi connectivity index (χ0n) is 12.2. The fourth-order valence-corrected chi connectivity index (χ4v) is 2.57. The minimum absolute atomic E-state index is 0.660. The van der Waals surface area contributed by atoms with E-state index in [1.165, 1.54) is 52.1 Å². The van der Waals surface area contributed by atoms with E-state index in [-0.39, 0.29) is 0 Å². The van der Waals surface area contributed by atoms with E-state index < -0.39 is 0 Å². The first-order valence-corrected chi connectivity index (χ1v) is 7.37. The molecule has 1 N–H and O–H groups in total. The fraction of sp³-hybridized carbons (Fsp3) is 1.00.